The normalized spacial score (nSPS) is 31.5. The summed E-state index contributed by atoms with van der Waals surface area (Å²) in [5.41, 5.74) is -0.250. The second kappa shape index (κ2) is 8.22. The van der Waals surface area contributed by atoms with Crippen molar-refractivity contribution in [2.45, 2.75) is 42.4 Å². The van der Waals surface area contributed by atoms with E-state index in [1.54, 1.807) is 0 Å². The van der Waals surface area contributed by atoms with Crippen LogP contribution in [-0.2, 0) is 19.5 Å². The number of halogens is 2. The standard InChI is InChI=1S/C21H28F2N2O5S/c22-20(23)30-18-1-3-19(4-2-18)31(26,27)25-7-5-21(6-8-25)9-17(14-29-21)24-10-15-12-28-13-16(15)11-24/h1-4,15-17,20H,5-14H2/t15-,16+,17?. The Morgan fingerprint density at radius 2 is 1.68 bits per heavy atom. The molecule has 4 aliphatic rings. The summed E-state index contributed by atoms with van der Waals surface area (Å²) in [6, 6.07) is 5.54. The lowest BCUT2D eigenvalue weighted by molar-refractivity contribution is -0.0498. The van der Waals surface area contributed by atoms with Gasteiger partial charge in [0.05, 0.1) is 30.3 Å². The second-order valence-electron chi connectivity index (χ2n) is 9.12. The molecule has 4 fully saturated rings. The van der Waals surface area contributed by atoms with Crippen LogP contribution in [-0.4, -0.2) is 81.9 Å². The van der Waals surface area contributed by atoms with E-state index in [0.717, 1.165) is 32.7 Å². The summed E-state index contributed by atoms with van der Waals surface area (Å²) in [5.74, 6) is 1.22. The summed E-state index contributed by atoms with van der Waals surface area (Å²) >= 11 is 0. The molecule has 10 heteroatoms. The van der Waals surface area contributed by atoms with Gasteiger partial charge in [0.25, 0.3) is 0 Å². The Hall–Kier alpha value is -1.33. The van der Waals surface area contributed by atoms with Gasteiger partial charge in [0, 0.05) is 44.1 Å². The van der Waals surface area contributed by atoms with E-state index < -0.39 is 16.6 Å². The van der Waals surface area contributed by atoms with Crippen molar-refractivity contribution in [2.24, 2.45) is 11.8 Å². The first-order valence-corrected chi connectivity index (χ1v) is 12.3. The van der Waals surface area contributed by atoms with Gasteiger partial charge < -0.3 is 14.2 Å². The summed E-state index contributed by atoms with van der Waals surface area (Å²) in [6.07, 6.45) is 2.28. The number of alkyl halides is 2. The topological polar surface area (TPSA) is 68.3 Å². The van der Waals surface area contributed by atoms with Gasteiger partial charge in [-0.15, -0.1) is 0 Å². The molecule has 0 amide bonds. The van der Waals surface area contributed by atoms with Gasteiger partial charge in [0.1, 0.15) is 5.75 Å². The minimum absolute atomic E-state index is 0.0606. The van der Waals surface area contributed by atoms with E-state index >= 15 is 0 Å². The second-order valence-corrected chi connectivity index (χ2v) is 11.1. The Kier molecular flexibility index (Phi) is 5.71. The fraction of sp³-hybridized carbons (Fsp3) is 0.714. The number of piperidine rings is 1. The molecule has 4 saturated heterocycles. The number of sulfonamides is 1. The molecule has 31 heavy (non-hydrogen) atoms. The maximum atomic E-state index is 13.0. The molecule has 0 bridgehead atoms. The molecule has 1 aromatic rings. The van der Waals surface area contributed by atoms with Gasteiger partial charge in [-0.3, -0.25) is 4.90 Å². The van der Waals surface area contributed by atoms with Gasteiger partial charge >= 0.3 is 6.61 Å². The van der Waals surface area contributed by atoms with Gasteiger partial charge in [0.2, 0.25) is 10.0 Å². The third kappa shape index (κ3) is 4.20. The highest BCUT2D eigenvalue weighted by atomic mass is 32.2. The van der Waals surface area contributed by atoms with Crippen LogP contribution in [0.2, 0.25) is 0 Å². The highest BCUT2D eigenvalue weighted by Gasteiger charge is 2.48. The smallest absolute Gasteiger partial charge is 0.387 e. The quantitative estimate of drug-likeness (QED) is 0.674. The number of hydrogen-bond acceptors (Lipinski definition) is 6. The summed E-state index contributed by atoms with van der Waals surface area (Å²) in [7, 11) is -3.68. The maximum absolute atomic E-state index is 13.0. The minimum atomic E-state index is -3.68. The highest BCUT2D eigenvalue weighted by Crippen LogP contribution is 2.41. The molecular formula is C21H28F2N2O5S. The summed E-state index contributed by atoms with van der Waals surface area (Å²) in [5, 5.41) is 0. The molecule has 0 saturated carbocycles. The average Bonchev–Trinajstić information content (AvgIpc) is 3.43. The van der Waals surface area contributed by atoms with Crippen molar-refractivity contribution in [2.75, 3.05) is 46.0 Å². The largest absolute Gasteiger partial charge is 0.435 e. The van der Waals surface area contributed by atoms with E-state index in [1.165, 1.54) is 28.6 Å². The van der Waals surface area contributed by atoms with Crippen LogP contribution in [0, 0.1) is 11.8 Å². The van der Waals surface area contributed by atoms with Crippen molar-refractivity contribution < 1.29 is 31.4 Å². The van der Waals surface area contributed by atoms with Crippen LogP contribution in [0.25, 0.3) is 0 Å². The third-order valence-corrected chi connectivity index (χ3v) is 9.21. The molecule has 4 aliphatic heterocycles. The molecule has 5 rings (SSSR count). The van der Waals surface area contributed by atoms with Crippen LogP contribution >= 0.6 is 0 Å². The maximum Gasteiger partial charge on any atom is 0.387 e. The molecule has 3 atom stereocenters. The van der Waals surface area contributed by atoms with E-state index in [2.05, 4.69) is 9.64 Å². The van der Waals surface area contributed by atoms with Crippen LogP contribution in [0.15, 0.2) is 29.2 Å². The molecule has 0 radical (unpaired) electrons. The number of hydrogen-bond donors (Lipinski definition) is 0. The first-order chi connectivity index (χ1) is 14.8. The SMILES string of the molecule is O=S(=O)(c1ccc(OC(F)F)cc1)N1CCC2(CC1)CC(N1C[C@H]3COC[C@H]3C1)CO2. The lowest BCUT2D eigenvalue weighted by Gasteiger charge is -2.38. The Morgan fingerprint density at radius 3 is 2.29 bits per heavy atom. The number of rotatable bonds is 5. The number of fused-ring (bicyclic) bond motifs is 1. The predicted octanol–water partition coefficient (Wildman–Crippen LogP) is 2.18. The minimum Gasteiger partial charge on any atom is -0.435 e. The Balaban J connectivity index is 1.18. The zero-order chi connectivity index (χ0) is 21.6. The van der Waals surface area contributed by atoms with Crippen LogP contribution in [0.5, 0.6) is 5.75 Å². The molecule has 0 aliphatic carbocycles. The van der Waals surface area contributed by atoms with Gasteiger partial charge in [-0.25, -0.2) is 8.42 Å². The lowest BCUT2D eigenvalue weighted by Crippen LogP contribution is -2.47. The van der Waals surface area contributed by atoms with Crippen molar-refractivity contribution in [1.29, 1.82) is 0 Å². The molecular weight excluding hydrogens is 430 g/mol. The number of nitrogens with zero attached hydrogens (tertiary/aromatic N) is 2. The van der Waals surface area contributed by atoms with Crippen molar-refractivity contribution in [3.8, 4) is 5.75 Å². The first kappa shape index (κ1) is 21.5. The molecule has 7 nitrogen and oxygen atoms in total. The van der Waals surface area contributed by atoms with Gasteiger partial charge in [0.15, 0.2) is 0 Å². The fourth-order valence-corrected chi connectivity index (χ4v) is 6.94. The van der Waals surface area contributed by atoms with Gasteiger partial charge in [-0.1, -0.05) is 0 Å². The molecule has 1 unspecified atom stereocenters. The highest BCUT2D eigenvalue weighted by molar-refractivity contribution is 7.89. The van der Waals surface area contributed by atoms with Crippen LogP contribution < -0.4 is 4.74 Å². The Morgan fingerprint density at radius 1 is 1.03 bits per heavy atom. The van der Waals surface area contributed by atoms with Crippen molar-refractivity contribution in [3.05, 3.63) is 24.3 Å². The van der Waals surface area contributed by atoms with Gasteiger partial charge in [-0.2, -0.15) is 13.1 Å². The third-order valence-electron chi connectivity index (χ3n) is 7.29. The monoisotopic (exact) mass is 458 g/mol. The summed E-state index contributed by atoms with van der Waals surface area (Å²) in [6.45, 7) is 2.42. The number of benzene rings is 1. The predicted molar refractivity (Wildman–Crippen MR) is 108 cm³/mol. The number of likely N-dealkylation sites (tertiary alicyclic amines) is 1. The molecule has 0 N–H and O–H groups in total. The van der Waals surface area contributed by atoms with Crippen LogP contribution in [0.4, 0.5) is 8.78 Å². The summed E-state index contributed by atoms with van der Waals surface area (Å²) in [4.78, 5) is 2.62. The first-order valence-electron chi connectivity index (χ1n) is 10.9. The van der Waals surface area contributed by atoms with E-state index in [1.807, 2.05) is 0 Å². The van der Waals surface area contributed by atoms with Crippen molar-refractivity contribution in [1.82, 2.24) is 9.21 Å². The lowest BCUT2D eigenvalue weighted by atomic mass is 9.88. The fourth-order valence-electron chi connectivity index (χ4n) is 5.50. The molecule has 4 heterocycles. The van der Waals surface area contributed by atoms with Crippen LogP contribution in [0.3, 0.4) is 0 Å². The zero-order valence-electron chi connectivity index (χ0n) is 17.3. The average molecular weight is 459 g/mol. The Labute approximate surface area is 181 Å². The van der Waals surface area contributed by atoms with Crippen molar-refractivity contribution >= 4 is 10.0 Å². The van der Waals surface area contributed by atoms with E-state index in [9.17, 15) is 17.2 Å². The van der Waals surface area contributed by atoms with E-state index in [4.69, 9.17) is 9.47 Å². The van der Waals surface area contributed by atoms with Gasteiger partial charge in [-0.05, 0) is 43.5 Å². The molecule has 1 aromatic carbocycles. The molecule has 172 valence electrons. The zero-order valence-corrected chi connectivity index (χ0v) is 18.1. The van der Waals surface area contributed by atoms with Crippen molar-refractivity contribution in [3.63, 3.8) is 0 Å². The molecule has 0 aromatic heterocycles. The Bertz CT molecular complexity index is 878. The molecule has 1 spiro atoms. The van der Waals surface area contributed by atoms with E-state index in [-0.39, 0.29) is 16.2 Å². The number of ether oxygens (including phenoxy) is 3. The summed E-state index contributed by atoms with van der Waals surface area (Å²) < 4.78 is 68.2. The van der Waals surface area contributed by atoms with E-state index in [0.29, 0.717) is 50.4 Å². The van der Waals surface area contributed by atoms with Crippen LogP contribution in [0.1, 0.15) is 19.3 Å².